The molecule has 0 aliphatic heterocycles. The Morgan fingerprint density at radius 2 is 2.04 bits per heavy atom. The van der Waals surface area contributed by atoms with Gasteiger partial charge in [-0.15, -0.1) is 0 Å². The van der Waals surface area contributed by atoms with Crippen LogP contribution in [0.3, 0.4) is 0 Å². The Morgan fingerprint density at radius 3 is 2.79 bits per heavy atom. The van der Waals surface area contributed by atoms with Crippen LogP contribution in [0.15, 0.2) is 48.5 Å². The summed E-state index contributed by atoms with van der Waals surface area (Å²) in [7, 11) is 0. The number of aromatic nitrogens is 3. The van der Waals surface area contributed by atoms with Gasteiger partial charge >= 0.3 is 0 Å². The third-order valence-electron chi connectivity index (χ3n) is 3.69. The Balaban J connectivity index is 1.85. The van der Waals surface area contributed by atoms with Crippen molar-refractivity contribution in [1.82, 2.24) is 14.8 Å². The summed E-state index contributed by atoms with van der Waals surface area (Å²) in [5.74, 6) is 1.22. The van der Waals surface area contributed by atoms with Crippen molar-refractivity contribution in [2.45, 2.75) is 19.6 Å². The summed E-state index contributed by atoms with van der Waals surface area (Å²) >= 11 is 5.96. The molecule has 0 aliphatic rings. The number of hydrogen-bond donors (Lipinski definition) is 1. The molecular formula is C18H15ClN4O. The lowest BCUT2D eigenvalue weighted by Gasteiger charge is -2.12. The van der Waals surface area contributed by atoms with Crippen molar-refractivity contribution in [1.29, 1.82) is 5.26 Å². The van der Waals surface area contributed by atoms with Gasteiger partial charge in [0.1, 0.15) is 5.82 Å². The summed E-state index contributed by atoms with van der Waals surface area (Å²) in [5.41, 5.74) is 2.05. The van der Waals surface area contributed by atoms with E-state index < -0.39 is 6.10 Å². The maximum atomic E-state index is 10.4. The first-order valence-corrected chi connectivity index (χ1v) is 7.80. The van der Waals surface area contributed by atoms with Gasteiger partial charge in [-0.25, -0.2) is 9.67 Å². The number of benzene rings is 2. The fraction of sp³-hybridized carbons (Fsp3) is 0.167. The number of nitriles is 1. The predicted molar refractivity (Wildman–Crippen MR) is 91.3 cm³/mol. The molecular weight excluding hydrogens is 324 g/mol. The fourth-order valence-corrected chi connectivity index (χ4v) is 2.62. The molecule has 1 aromatic heterocycles. The van der Waals surface area contributed by atoms with Crippen LogP contribution in [0.5, 0.6) is 0 Å². The number of halogens is 1. The molecule has 0 radical (unpaired) electrons. The minimum Gasteiger partial charge on any atom is -0.386 e. The molecule has 0 amide bonds. The van der Waals surface area contributed by atoms with E-state index in [1.54, 1.807) is 41.1 Å². The highest BCUT2D eigenvalue weighted by Crippen LogP contribution is 2.21. The van der Waals surface area contributed by atoms with E-state index in [1.807, 2.05) is 19.1 Å². The predicted octanol–water partition coefficient (Wildman–Crippen LogP) is 3.51. The van der Waals surface area contributed by atoms with Crippen LogP contribution in [0, 0.1) is 18.3 Å². The van der Waals surface area contributed by atoms with Crippen LogP contribution in [0.1, 0.15) is 23.1 Å². The quantitative estimate of drug-likeness (QED) is 0.789. The standard InChI is InChI=1S/C18H15ClN4O/c1-12-21-18(15-6-2-4-13(8-15)10-20)22-23(12)11-17(24)14-5-3-7-16(19)9-14/h2-9,17,24H,11H2,1H3. The lowest BCUT2D eigenvalue weighted by molar-refractivity contribution is 0.150. The van der Waals surface area contributed by atoms with E-state index in [0.717, 1.165) is 11.1 Å². The van der Waals surface area contributed by atoms with Gasteiger partial charge in [0, 0.05) is 10.6 Å². The van der Waals surface area contributed by atoms with E-state index >= 15 is 0 Å². The van der Waals surface area contributed by atoms with Crippen molar-refractivity contribution >= 4 is 11.6 Å². The first-order chi connectivity index (χ1) is 11.6. The Morgan fingerprint density at radius 1 is 1.25 bits per heavy atom. The summed E-state index contributed by atoms with van der Waals surface area (Å²) in [6.45, 7) is 2.10. The molecule has 120 valence electrons. The summed E-state index contributed by atoms with van der Waals surface area (Å²) in [4.78, 5) is 4.43. The topological polar surface area (TPSA) is 74.7 Å². The lowest BCUT2D eigenvalue weighted by atomic mass is 10.1. The molecule has 2 aromatic carbocycles. The average Bonchev–Trinajstić information content (AvgIpc) is 2.95. The Hall–Kier alpha value is -2.68. The molecule has 5 nitrogen and oxygen atoms in total. The minimum absolute atomic E-state index is 0.275. The van der Waals surface area contributed by atoms with Crippen LogP contribution in [-0.2, 0) is 6.54 Å². The Labute approximate surface area is 144 Å². The zero-order chi connectivity index (χ0) is 17.1. The van der Waals surface area contributed by atoms with E-state index in [9.17, 15) is 5.11 Å². The summed E-state index contributed by atoms with van der Waals surface area (Å²) < 4.78 is 1.65. The zero-order valence-electron chi connectivity index (χ0n) is 13.0. The molecule has 1 unspecified atom stereocenters. The average molecular weight is 339 g/mol. The van der Waals surface area contributed by atoms with Gasteiger partial charge in [-0.1, -0.05) is 35.9 Å². The van der Waals surface area contributed by atoms with Crippen LogP contribution >= 0.6 is 11.6 Å². The van der Waals surface area contributed by atoms with Gasteiger partial charge in [-0.2, -0.15) is 10.4 Å². The molecule has 24 heavy (non-hydrogen) atoms. The molecule has 3 aromatic rings. The highest BCUT2D eigenvalue weighted by molar-refractivity contribution is 6.30. The van der Waals surface area contributed by atoms with E-state index in [2.05, 4.69) is 16.2 Å². The number of rotatable bonds is 4. The molecule has 1 N–H and O–H groups in total. The van der Waals surface area contributed by atoms with Gasteiger partial charge in [0.25, 0.3) is 0 Å². The largest absolute Gasteiger partial charge is 0.386 e. The first-order valence-electron chi connectivity index (χ1n) is 7.42. The molecule has 3 rings (SSSR count). The number of nitrogens with zero attached hydrogens (tertiary/aromatic N) is 4. The SMILES string of the molecule is Cc1nc(-c2cccc(C#N)c2)nn1CC(O)c1cccc(Cl)c1. The van der Waals surface area contributed by atoms with Gasteiger partial charge in [0.05, 0.1) is 24.3 Å². The van der Waals surface area contributed by atoms with E-state index in [4.69, 9.17) is 16.9 Å². The highest BCUT2D eigenvalue weighted by atomic mass is 35.5. The summed E-state index contributed by atoms with van der Waals surface area (Å²) in [6.07, 6.45) is -0.734. The number of aryl methyl sites for hydroxylation is 1. The highest BCUT2D eigenvalue weighted by Gasteiger charge is 2.14. The molecule has 0 saturated carbocycles. The second-order valence-electron chi connectivity index (χ2n) is 5.43. The molecule has 0 spiro atoms. The van der Waals surface area contributed by atoms with Crippen molar-refractivity contribution in [3.63, 3.8) is 0 Å². The maximum absolute atomic E-state index is 10.4. The van der Waals surface area contributed by atoms with Crippen LogP contribution < -0.4 is 0 Å². The molecule has 0 fully saturated rings. The van der Waals surface area contributed by atoms with E-state index in [-0.39, 0.29) is 6.54 Å². The smallest absolute Gasteiger partial charge is 0.181 e. The normalized spacial score (nSPS) is 11.9. The van der Waals surface area contributed by atoms with Crippen LogP contribution in [0.2, 0.25) is 5.02 Å². The van der Waals surface area contributed by atoms with Gasteiger partial charge in [0.15, 0.2) is 5.82 Å². The van der Waals surface area contributed by atoms with Gasteiger partial charge in [-0.05, 0) is 36.8 Å². The van der Waals surface area contributed by atoms with Crippen molar-refractivity contribution in [2.24, 2.45) is 0 Å². The van der Waals surface area contributed by atoms with Crippen LogP contribution in [-0.4, -0.2) is 19.9 Å². The molecule has 1 atom stereocenters. The molecule has 0 aliphatic carbocycles. The number of aliphatic hydroxyl groups is 1. The number of hydrogen-bond acceptors (Lipinski definition) is 4. The monoisotopic (exact) mass is 338 g/mol. The summed E-state index contributed by atoms with van der Waals surface area (Å²) in [5, 5.41) is 24.4. The maximum Gasteiger partial charge on any atom is 0.181 e. The van der Waals surface area contributed by atoms with Crippen molar-refractivity contribution in [2.75, 3.05) is 0 Å². The van der Waals surface area contributed by atoms with Crippen LogP contribution in [0.4, 0.5) is 0 Å². The zero-order valence-corrected chi connectivity index (χ0v) is 13.8. The molecule has 6 heteroatoms. The third kappa shape index (κ3) is 3.46. The second kappa shape index (κ2) is 6.83. The van der Waals surface area contributed by atoms with Crippen molar-refractivity contribution < 1.29 is 5.11 Å². The molecule has 0 bridgehead atoms. The van der Waals surface area contributed by atoms with Gasteiger partial charge in [0.2, 0.25) is 0 Å². The minimum atomic E-state index is -0.734. The fourth-order valence-electron chi connectivity index (χ4n) is 2.43. The van der Waals surface area contributed by atoms with Crippen molar-refractivity contribution in [3.05, 3.63) is 70.5 Å². The van der Waals surface area contributed by atoms with Crippen LogP contribution in [0.25, 0.3) is 11.4 Å². The first kappa shape index (κ1) is 16.2. The summed E-state index contributed by atoms with van der Waals surface area (Å²) in [6, 6.07) is 16.3. The molecule has 1 heterocycles. The third-order valence-corrected chi connectivity index (χ3v) is 3.92. The second-order valence-corrected chi connectivity index (χ2v) is 5.86. The Kier molecular flexibility index (Phi) is 4.61. The Bertz CT molecular complexity index is 913. The van der Waals surface area contributed by atoms with Gasteiger partial charge in [-0.3, -0.25) is 0 Å². The van der Waals surface area contributed by atoms with E-state index in [1.165, 1.54) is 0 Å². The van der Waals surface area contributed by atoms with E-state index in [0.29, 0.717) is 22.2 Å². The van der Waals surface area contributed by atoms with Gasteiger partial charge < -0.3 is 5.11 Å². The lowest BCUT2D eigenvalue weighted by Crippen LogP contribution is -2.11. The number of aliphatic hydroxyl groups excluding tert-OH is 1. The van der Waals surface area contributed by atoms with Crippen molar-refractivity contribution in [3.8, 4) is 17.5 Å². The molecule has 0 saturated heterocycles.